The van der Waals surface area contributed by atoms with E-state index in [0.29, 0.717) is 11.4 Å². The number of rotatable bonds is 8. The van der Waals surface area contributed by atoms with Crippen molar-refractivity contribution in [1.29, 1.82) is 5.26 Å². The van der Waals surface area contributed by atoms with Crippen LogP contribution in [0.2, 0.25) is 0 Å². The summed E-state index contributed by atoms with van der Waals surface area (Å²) in [4.78, 5) is 25.8. The molecule has 0 atom stereocenters. The summed E-state index contributed by atoms with van der Waals surface area (Å²) in [5, 5.41) is 8.82. The molecule has 0 aliphatic heterocycles. The van der Waals surface area contributed by atoms with E-state index >= 15 is 0 Å². The Morgan fingerprint density at radius 2 is 1.74 bits per heavy atom. The first-order chi connectivity index (χ1) is 13.0. The number of esters is 1. The molecule has 0 spiro atoms. The fourth-order valence-electron chi connectivity index (χ4n) is 2.40. The molecule has 0 fully saturated rings. The van der Waals surface area contributed by atoms with Gasteiger partial charge in [-0.3, -0.25) is 4.79 Å². The first-order valence-corrected chi connectivity index (χ1v) is 8.59. The molecule has 0 bridgehead atoms. The number of nitrogens with zero attached hydrogens (tertiary/aromatic N) is 2. The Hall–Kier alpha value is -3.33. The maximum absolute atomic E-state index is 12.5. The lowest BCUT2D eigenvalue weighted by molar-refractivity contribution is -0.149. The molecule has 0 saturated carbocycles. The number of carbonyl (C=O) groups is 2. The summed E-state index contributed by atoms with van der Waals surface area (Å²) in [5.74, 6) is -0.426. The van der Waals surface area contributed by atoms with Crippen molar-refractivity contribution in [2.24, 2.45) is 0 Å². The number of ether oxygens (including phenoxy) is 2. The van der Waals surface area contributed by atoms with Gasteiger partial charge in [-0.25, -0.2) is 4.79 Å². The Labute approximate surface area is 158 Å². The normalized spacial score (nSPS) is 9.96. The molecule has 2 aromatic carbocycles. The lowest BCUT2D eigenvalue weighted by Gasteiger charge is -2.21. The summed E-state index contributed by atoms with van der Waals surface area (Å²) in [7, 11) is 0. The molecule has 0 aliphatic carbocycles. The van der Waals surface area contributed by atoms with Crippen LogP contribution < -0.4 is 9.64 Å². The molecule has 2 aromatic rings. The van der Waals surface area contributed by atoms with Gasteiger partial charge in [0.15, 0.2) is 13.2 Å². The van der Waals surface area contributed by atoms with Crippen LogP contribution in [0, 0.1) is 25.2 Å². The van der Waals surface area contributed by atoms with E-state index in [2.05, 4.69) is 0 Å². The smallest absolute Gasteiger partial charge is 0.344 e. The molecule has 6 nitrogen and oxygen atoms in total. The third kappa shape index (κ3) is 6.15. The number of hydrogen-bond donors (Lipinski definition) is 0. The average molecular weight is 366 g/mol. The van der Waals surface area contributed by atoms with Gasteiger partial charge in [-0.2, -0.15) is 5.26 Å². The molecular weight excluding hydrogens is 344 g/mol. The second-order valence-corrected chi connectivity index (χ2v) is 6.00. The lowest BCUT2D eigenvalue weighted by atomic mass is 10.2. The van der Waals surface area contributed by atoms with E-state index in [1.807, 2.05) is 50.2 Å². The minimum Gasteiger partial charge on any atom is -0.482 e. The van der Waals surface area contributed by atoms with Gasteiger partial charge in [-0.05, 0) is 37.6 Å². The van der Waals surface area contributed by atoms with Crippen LogP contribution in [0.4, 0.5) is 5.69 Å². The number of amides is 1. The number of para-hydroxylation sites is 1. The molecule has 140 valence electrons. The summed E-state index contributed by atoms with van der Waals surface area (Å²) in [5.41, 5.74) is 2.63. The van der Waals surface area contributed by atoms with Crippen molar-refractivity contribution in [2.75, 3.05) is 24.7 Å². The predicted molar refractivity (Wildman–Crippen MR) is 101 cm³/mol. The van der Waals surface area contributed by atoms with E-state index in [1.165, 1.54) is 4.90 Å². The fourth-order valence-corrected chi connectivity index (χ4v) is 2.40. The summed E-state index contributed by atoms with van der Waals surface area (Å²) in [6.07, 6.45) is 0.184. The average Bonchev–Trinajstić information content (AvgIpc) is 2.67. The summed E-state index contributed by atoms with van der Waals surface area (Å²) < 4.78 is 10.4. The maximum Gasteiger partial charge on any atom is 0.344 e. The van der Waals surface area contributed by atoms with Crippen molar-refractivity contribution in [3.8, 4) is 11.8 Å². The first kappa shape index (κ1) is 20.0. The fraction of sp³-hybridized carbons (Fsp3) is 0.286. The number of hydrogen-bond acceptors (Lipinski definition) is 5. The molecule has 27 heavy (non-hydrogen) atoms. The van der Waals surface area contributed by atoms with Gasteiger partial charge < -0.3 is 14.4 Å². The number of anilines is 1. The Balaban J connectivity index is 1.90. The molecule has 0 saturated heterocycles. The van der Waals surface area contributed by atoms with Crippen LogP contribution in [0.3, 0.4) is 0 Å². The minimum atomic E-state index is -0.629. The molecule has 0 aliphatic rings. The van der Waals surface area contributed by atoms with Crippen molar-refractivity contribution in [3.63, 3.8) is 0 Å². The zero-order chi connectivity index (χ0) is 19.6. The second kappa shape index (κ2) is 9.97. The van der Waals surface area contributed by atoms with E-state index in [1.54, 1.807) is 18.2 Å². The Kier molecular flexibility index (Phi) is 7.38. The highest BCUT2D eigenvalue weighted by Gasteiger charge is 2.17. The summed E-state index contributed by atoms with van der Waals surface area (Å²) >= 11 is 0. The third-order valence-corrected chi connectivity index (χ3v) is 3.89. The molecule has 2 rings (SSSR count). The van der Waals surface area contributed by atoms with Gasteiger partial charge in [0, 0.05) is 12.2 Å². The molecule has 0 heterocycles. The van der Waals surface area contributed by atoms with Crippen molar-refractivity contribution in [1.82, 2.24) is 0 Å². The van der Waals surface area contributed by atoms with Crippen molar-refractivity contribution < 1.29 is 19.1 Å². The van der Waals surface area contributed by atoms with E-state index in [-0.39, 0.29) is 19.6 Å². The first-order valence-electron chi connectivity index (χ1n) is 8.59. The van der Waals surface area contributed by atoms with Gasteiger partial charge in [0.05, 0.1) is 12.5 Å². The molecule has 0 unspecified atom stereocenters. The van der Waals surface area contributed by atoms with Crippen molar-refractivity contribution in [2.45, 2.75) is 20.3 Å². The van der Waals surface area contributed by atoms with Crippen LogP contribution in [0.1, 0.15) is 17.5 Å². The molecular formula is C21H22N2O4. The van der Waals surface area contributed by atoms with Crippen molar-refractivity contribution >= 4 is 17.6 Å². The van der Waals surface area contributed by atoms with Crippen LogP contribution in [-0.2, 0) is 14.3 Å². The number of carbonyl (C=O) groups excluding carboxylic acids is 2. The monoisotopic (exact) mass is 366 g/mol. The van der Waals surface area contributed by atoms with Crippen LogP contribution in [0.25, 0.3) is 0 Å². The summed E-state index contributed by atoms with van der Waals surface area (Å²) in [6, 6.07) is 16.7. The van der Waals surface area contributed by atoms with Crippen LogP contribution >= 0.6 is 0 Å². The van der Waals surface area contributed by atoms with Gasteiger partial charge in [0.1, 0.15) is 5.75 Å². The summed E-state index contributed by atoms with van der Waals surface area (Å²) in [6.45, 7) is 3.37. The molecule has 0 radical (unpaired) electrons. The van der Waals surface area contributed by atoms with Crippen LogP contribution in [-0.4, -0.2) is 31.6 Å². The quantitative estimate of drug-likeness (QED) is 0.671. The highest BCUT2D eigenvalue weighted by molar-refractivity contribution is 5.95. The molecule has 0 aromatic heterocycles. The Bertz CT molecular complexity index is 825. The van der Waals surface area contributed by atoms with E-state index in [9.17, 15) is 9.59 Å². The van der Waals surface area contributed by atoms with E-state index in [0.717, 1.165) is 11.1 Å². The van der Waals surface area contributed by atoms with Crippen molar-refractivity contribution in [3.05, 3.63) is 59.7 Å². The van der Waals surface area contributed by atoms with Crippen LogP contribution in [0.5, 0.6) is 5.75 Å². The zero-order valence-electron chi connectivity index (χ0n) is 15.5. The second-order valence-electron chi connectivity index (χ2n) is 6.00. The SMILES string of the molecule is Cc1ccc(N(CCC#N)C(=O)COC(=O)COc2ccccc2C)cc1. The van der Waals surface area contributed by atoms with Gasteiger partial charge >= 0.3 is 5.97 Å². The minimum absolute atomic E-state index is 0.184. The predicted octanol–water partition coefficient (Wildman–Crippen LogP) is 3.17. The molecule has 1 amide bonds. The van der Waals surface area contributed by atoms with Gasteiger partial charge in [0.25, 0.3) is 5.91 Å². The van der Waals surface area contributed by atoms with Gasteiger partial charge in [-0.15, -0.1) is 0 Å². The standard InChI is InChI=1S/C21H22N2O4/c1-16-8-10-18(11-9-16)23(13-5-12-22)20(24)14-27-21(25)15-26-19-7-4-3-6-17(19)2/h3-4,6-11H,5,13-15H2,1-2H3. The van der Waals surface area contributed by atoms with E-state index < -0.39 is 18.5 Å². The number of nitriles is 1. The number of benzene rings is 2. The lowest BCUT2D eigenvalue weighted by Crippen LogP contribution is -2.36. The maximum atomic E-state index is 12.5. The molecule has 0 N–H and O–H groups in total. The topological polar surface area (TPSA) is 79.6 Å². The van der Waals surface area contributed by atoms with E-state index in [4.69, 9.17) is 14.7 Å². The zero-order valence-corrected chi connectivity index (χ0v) is 15.5. The van der Waals surface area contributed by atoms with Crippen LogP contribution in [0.15, 0.2) is 48.5 Å². The Morgan fingerprint density at radius 1 is 1.04 bits per heavy atom. The third-order valence-electron chi connectivity index (χ3n) is 3.89. The molecule has 6 heteroatoms. The number of aryl methyl sites for hydroxylation is 2. The largest absolute Gasteiger partial charge is 0.482 e. The van der Waals surface area contributed by atoms with Gasteiger partial charge in [0.2, 0.25) is 0 Å². The highest BCUT2D eigenvalue weighted by Crippen LogP contribution is 2.17. The van der Waals surface area contributed by atoms with Gasteiger partial charge in [-0.1, -0.05) is 35.9 Å². The Morgan fingerprint density at radius 3 is 2.41 bits per heavy atom. The highest BCUT2D eigenvalue weighted by atomic mass is 16.6.